The van der Waals surface area contributed by atoms with Crippen molar-refractivity contribution in [3.63, 3.8) is 0 Å². The minimum absolute atomic E-state index is 0.0476. The predicted octanol–water partition coefficient (Wildman–Crippen LogP) is 2.67. The zero-order chi connectivity index (χ0) is 19.3. The van der Waals surface area contributed by atoms with Gasteiger partial charge >= 0.3 is 0 Å². The van der Waals surface area contributed by atoms with Gasteiger partial charge in [-0.05, 0) is 50.2 Å². The zero-order valence-electron chi connectivity index (χ0n) is 14.1. The Balaban J connectivity index is 2.06. The van der Waals surface area contributed by atoms with Crippen molar-refractivity contribution >= 4 is 21.6 Å². The molecule has 0 heterocycles. The monoisotopic (exact) mass is 384 g/mol. The minimum atomic E-state index is -3.97. The first-order valence-corrected chi connectivity index (χ1v) is 9.22. The molecule has 0 aliphatic carbocycles. The van der Waals surface area contributed by atoms with Crippen molar-refractivity contribution in [2.45, 2.75) is 24.8 Å². The molecule has 2 aromatic carbocycles. The first-order valence-electron chi connectivity index (χ1n) is 7.74. The molecule has 2 N–H and O–H groups in total. The van der Waals surface area contributed by atoms with Crippen LogP contribution >= 0.6 is 0 Å². The molecule has 2 rings (SSSR count). The van der Waals surface area contributed by atoms with Crippen molar-refractivity contribution in [1.82, 2.24) is 4.72 Å². The molecule has 0 aromatic heterocycles. The molecule has 6 nitrogen and oxygen atoms in total. The van der Waals surface area contributed by atoms with E-state index in [1.165, 1.54) is 31.2 Å². The van der Waals surface area contributed by atoms with Crippen LogP contribution in [0.3, 0.4) is 0 Å². The van der Waals surface area contributed by atoms with E-state index in [-0.39, 0.29) is 10.6 Å². The Bertz CT molecular complexity index is 886. The van der Waals surface area contributed by atoms with Gasteiger partial charge < -0.3 is 10.1 Å². The van der Waals surface area contributed by atoms with E-state index in [1.807, 2.05) is 0 Å². The molecule has 0 saturated carbocycles. The second kappa shape index (κ2) is 8.24. The van der Waals surface area contributed by atoms with E-state index in [0.717, 1.165) is 12.1 Å². The van der Waals surface area contributed by atoms with Crippen molar-refractivity contribution in [3.8, 4) is 5.75 Å². The maximum absolute atomic E-state index is 13.6. The number of ether oxygens (including phenoxy) is 1. The quantitative estimate of drug-likeness (QED) is 0.769. The van der Waals surface area contributed by atoms with Crippen LogP contribution in [0.25, 0.3) is 0 Å². The SMILES string of the molecule is CCOc1ccc(S(=O)(=O)N[C@@H](C)C(=O)Nc2ccc(F)cc2F)cc1. The highest BCUT2D eigenvalue weighted by Crippen LogP contribution is 2.17. The van der Waals surface area contributed by atoms with Crippen LogP contribution in [0.15, 0.2) is 47.4 Å². The molecule has 0 fully saturated rings. The van der Waals surface area contributed by atoms with Gasteiger partial charge in [-0.3, -0.25) is 4.79 Å². The van der Waals surface area contributed by atoms with Crippen molar-refractivity contribution < 1.29 is 26.7 Å². The molecule has 140 valence electrons. The molecule has 0 aliphatic heterocycles. The van der Waals surface area contributed by atoms with Gasteiger partial charge in [-0.25, -0.2) is 17.2 Å². The molecule has 1 amide bonds. The summed E-state index contributed by atoms with van der Waals surface area (Å²) in [5.74, 6) is -2.02. The number of nitrogens with one attached hydrogen (secondary N) is 2. The van der Waals surface area contributed by atoms with Crippen LogP contribution < -0.4 is 14.8 Å². The molecule has 1 atom stereocenters. The number of rotatable bonds is 7. The summed E-state index contributed by atoms with van der Waals surface area (Å²) in [6.07, 6.45) is 0. The standard InChI is InChI=1S/C17H18F2N2O4S/c1-3-25-13-5-7-14(8-6-13)26(23,24)21-11(2)17(22)20-16-9-4-12(18)10-15(16)19/h4-11,21H,3H2,1-2H3,(H,20,22)/t11-/m0/s1. The lowest BCUT2D eigenvalue weighted by molar-refractivity contribution is -0.117. The molecule has 26 heavy (non-hydrogen) atoms. The van der Waals surface area contributed by atoms with Gasteiger partial charge in [0.05, 0.1) is 23.2 Å². The van der Waals surface area contributed by atoms with E-state index >= 15 is 0 Å². The van der Waals surface area contributed by atoms with Crippen LogP contribution in [-0.4, -0.2) is 27.0 Å². The smallest absolute Gasteiger partial charge is 0.242 e. The van der Waals surface area contributed by atoms with E-state index in [9.17, 15) is 22.0 Å². The Labute approximate surface area is 150 Å². The summed E-state index contributed by atoms with van der Waals surface area (Å²) in [7, 11) is -3.97. The fraction of sp³-hybridized carbons (Fsp3) is 0.235. The van der Waals surface area contributed by atoms with Crippen molar-refractivity contribution in [3.05, 3.63) is 54.1 Å². The van der Waals surface area contributed by atoms with E-state index in [1.54, 1.807) is 6.92 Å². The highest BCUT2D eigenvalue weighted by molar-refractivity contribution is 7.89. The molecule has 0 aliphatic rings. The Morgan fingerprint density at radius 1 is 1.15 bits per heavy atom. The van der Waals surface area contributed by atoms with Gasteiger partial charge in [-0.15, -0.1) is 0 Å². The minimum Gasteiger partial charge on any atom is -0.494 e. The summed E-state index contributed by atoms with van der Waals surface area (Å²) in [5.41, 5.74) is -0.247. The molecular formula is C17H18F2N2O4S. The molecule has 0 saturated heterocycles. The molecule has 0 radical (unpaired) electrons. The number of sulfonamides is 1. The number of carbonyl (C=O) groups is 1. The zero-order valence-corrected chi connectivity index (χ0v) is 14.9. The van der Waals surface area contributed by atoms with Gasteiger partial charge in [-0.1, -0.05) is 0 Å². The summed E-state index contributed by atoms with van der Waals surface area (Å²) in [5, 5.41) is 2.21. The largest absolute Gasteiger partial charge is 0.494 e. The molecule has 2 aromatic rings. The number of benzene rings is 2. The Hall–Kier alpha value is -2.52. The maximum Gasteiger partial charge on any atom is 0.242 e. The third-order valence-corrected chi connectivity index (χ3v) is 4.92. The summed E-state index contributed by atoms with van der Waals surface area (Å²) in [4.78, 5) is 12.0. The second-order valence-electron chi connectivity index (χ2n) is 5.36. The Morgan fingerprint density at radius 2 is 1.81 bits per heavy atom. The van der Waals surface area contributed by atoms with Gasteiger partial charge in [0.25, 0.3) is 0 Å². The van der Waals surface area contributed by atoms with E-state index < -0.39 is 33.6 Å². The molecular weight excluding hydrogens is 366 g/mol. The molecule has 0 unspecified atom stereocenters. The summed E-state index contributed by atoms with van der Waals surface area (Å²) in [6.45, 7) is 3.56. The van der Waals surface area contributed by atoms with Gasteiger partial charge in [0.15, 0.2) is 0 Å². The number of hydrogen-bond donors (Lipinski definition) is 2. The summed E-state index contributed by atoms with van der Waals surface area (Å²) in [6, 6.07) is 7.15. The number of carbonyl (C=O) groups excluding carboxylic acids is 1. The van der Waals surface area contributed by atoms with Gasteiger partial charge in [0.2, 0.25) is 15.9 Å². The van der Waals surface area contributed by atoms with Crippen LogP contribution in [0.4, 0.5) is 14.5 Å². The van der Waals surface area contributed by atoms with Gasteiger partial charge in [0, 0.05) is 6.07 Å². The lowest BCUT2D eigenvalue weighted by Gasteiger charge is -2.15. The van der Waals surface area contributed by atoms with Crippen molar-refractivity contribution in [2.24, 2.45) is 0 Å². The number of hydrogen-bond acceptors (Lipinski definition) is 4. The lowest BCUT2D eigenvalue weighted by atomic mass is 10.2. The molecule has 9 heteroatoms. The first kappa shape index (κ1) is 19.8. The third-order valence-electron chi connectivity index (χ3n) is 3.36. The van der Waals surface area contributed by atoms with Crippen LogP contribution in [0, 0.1) is 11.6 Å². The number of anilines is 1. The predicted molar refractivity (Wildman–Crippen MR) is 92.4 cm³/mol. The van der Waals surface area contributed by atoms with Crippen LogP contribution in [0.5, 0.6) is 5.75 Å². The fourth-order valence-electron chi connectivity index (χ4n) is 2.07. The highest BCUT2D eigenvalue weighted by atomic mass is 32.2. The van der Waals surface area contributed by atoms with Crippen LogP contribution in [0.1, 0.15) is 13.8 Å². The highest BCUT2D eigenvalue weighted by Gasteiger charge is 2.23. The van der Waals surface area contributed by atoms with E-state index in [4.69, 9.17) is 4.74 Å². The molecule has 0 bridgehead atoms. The van der Waals surface area contributed by atoms with Crippen molar-refractivity contribution in [1.29, 1.82) is 0 Å². The van der Waals surface area contributed by atoms with E-state index in [2.05, 4.69) is 10.0 Å². The average molecular weight is 384 g/mol. The normalized spacial score (nSPS) is 12.5. The van der Waals surface area contributed by atoms with E-state index in [0.29, 0.717) is 18.4 Å². The topological polar surface area (TPSA) is 84.5 Å². The van der Waals surface area contributed by atoms with Crippen LogP contribution in [-0.2, 0) is 14.8 Å². The number of halogens is 2. The molecule has 0 spiro atoms. The number of amides is 1. The average Bonchev–Trinajstić information content (AvgIpc) is 2.57. The summed E-state index contributed by atoms with van der Waals surface area (Å²) >= 11 is 0. The summed E-state index contributed by atoms with van der Waals surface area (Å²) < 4.78 is 58.5. The fourth-order valence-corrected chi connectivity index (χ4v) is 3.27. The third kappa shape index (κ3) is 4.99. The maximum atomic E-state index is 13.6. The second-order valence-corrected chi connectivity index (χ2v) is 7.07. The first-order chi connectivity index (χ1) is 12.2. The Kier molecular flexibility index (Phi) is 6.27. The van der Waals surface area contributed by atoms with Crippen molar-refractivity contribution in [2.75, 3.05) is 11.9 Å². The van der Waals surface area contributed by atoms with Gasteiger partial charge in [0.1, 0.15) is 17.4 Å². The van der Waals surface area contributed by atoms with Crippen LogP contribution in [0.2, 0.25) is 0 Å². The van der Waals surface area contributed by atoms with Gasteiger partial charge in [-0.2, -0.15) is 4.72 Å². The lowest BCUT2D eigenvalue weighted by Crippen LogP contribution is -2.41. The Morgan fingerprint density at radius 3 is 2.38 bits per heavy atom.